The summed E-state index contributed by atoms with van der Waals surface area (Å²) in [6.45, 7) is 6.89. The number of benzene rings is 1. The molecule has 0 saturated carbocycles. The van der Waals surface area contributed by atoms with Crippen LogP contribution in [0.25, 0.3) is 0 Å². The Kier molecular flexibility index (Phi) is 19.8. The maximum Gasteiger partial charge on any atom is 0.0512 e. The molecule has 0 saturated heterocycles. The van der Waals surface area contributed by atoms with Crippen molar-refractivity contribution in [3.8, 4) is 0 Å². The minimum absolute atomic E-state index is 0. The van der Waals surface area contributed by atoms with Crippen molar-refractivity contribution in [2.75, 3.05) is 0 Å². The van der Waals surface area contributed by atoms with E-state index in [9.17, 15) is 0 Å². The molecule has 1 rings (SSSR count). The highest BCUT2D eigenvalue weighted by atomic mass is 35.5. The average molecular weight is 452 g/mol. The average Bonchev–Trinajstić information content (AvgIpc) is 2.77. The molecule has 0 spiro atoms. The van der Waals surface area contributed by atoms with Crippen LogP contribution >= 0.6 is 11.6 Å². The molecular formula is C29H54ClN. The maximum atomic E-state index is 7.18. The molecule has 0 radical (unpaired) electrons. The second-order valence-corrected chi connectivity index (χ2v) is 10.3. The lowest BCUT2D eigenvalue weighted by Gasteiger charge is -2.35. The van der Waals surface area contributed by atoms with Gasteiger partial charge in [0, 0.05) is 0 Å². The molecule has 0 amide bonds. The summed E-state index contributed by atoms with van der Waals surface area (Å²) in [5.74, 6) is 0.627. The number of unbranched alkanes of at least 4 members (excludes halogenated alkanes) is 13. The Labute approximate surface area is 200 Å². The van der Waals surface area contributed by atoms with Crippen LogP contribution in [0.5, 0.6) is 0 Å². The molecule has 31 heavy (non-hydrogen) atoms. The molecule has 2 heteroatoms. The lowest BCUT2D eigenvalue weighted by Crippen LogP contribution is -2.33. The molecule has 0 aliphatic heterocycles. The van der Waals surface area contributed by atoms with Crippen LogP contribution in [0.2, 0.25) is 0 Å². The van der Waals surface area contributed by atoms with Gasteiger partial charge in [0.25, 0.3) is 0 Å². The van der Waals surface area contributed by atoms with Gasteiger partial charge in [0.05, 0.1) is 4.87 Å². The summed E-state index contributed by atoms with van der Waals surface area (Å²) >= 11 is 7.18. The fraction of sp³-hybridized carbons (Fsp3) is 0.793. The van der Waals surface area contributed by atoms with Crippen LogP contribution in [0.4, 0.5) is 0 Å². The zero-order valence-electron chi connectivity index (χ0n) is 21.3. The van der Waals surface area contributed by atoms with Crippen LogP contribution in [0.3, 0.4) is 0 Å². The molecule has 182 valence electrons. The monoisotopic (exact) mass is 451 g/mol. The summed E-state index contributed by atoms with van der Waals surface area (Å²) < 4.78 is 0. The molecule has 1 aromatic carbocycles. The summed E-state index contributed by atoms with van der Waals surface area (Å²) in [4.78, 5) is -0.0767. The van der Waals surface area contributed by atoms with Crippen molar-refractivity contribution in [3.63, 3.8) is 0 Å². The van der Waals surface area contributed by atoms with Crippen LogP contribution in [0.1, 0.15) is 135 Å². The first-order valence-corrected chi connectivity index (χ1v) is 13.8. The summed E-state index contributed by atoms with van der Waals surface area (Å²) in [6.07, 6.45) is 24.5. The Balaban J connectivity index is 0.00000900. The number of rotatable bonds is 20. The zero-order chi connectivity index (χ0) is 21.9. The highest BCUT2D eigenvalue weighted by Gasteiger charge is 2.33. The van der Waals surface area contributed by atoms with E-state index in [1.807, 2.05) is 0 Å². The van der Waals surface area contributed by atoms with Gasteiger partial charge in [-0.2, -0.15) is 0 Å². The SMILES string of the molecule is CCCCCCCCCCCCCCCCC(CC)C(Cl)(CC)Cc1ccccc1.N. The Hall–Kier alpha value is -0.530. The molecule has 0 bridgehead atoms. The van der Waals surface area contributed by atoms with Crippen LogP contribution < -0.4 is 6.15 Å². The third kappa shape index (κ3) is 14.3. The second-order valence-electron chi connectivity index (χ2n) is 9.54. The first-order chi connectivity index (χ1) is 14.7. The predicted octanol–water partition coefficient (Wildman–Crippen LogP) is 10.7. The van der Waals surface area contributed by atoms with Crippen LogP contribution in [-0.4, -0.2) is 4.87 Å². The Bertz CT molecular complexity index is 489. The number of alkyl halides is 1. The molecule has 2 atom stereocenters. The van der Waals surface area contributed by atoms with Gasteiger partial charge in [0.2, 0.25) is 0 Å². The highest BCUT2D eigenvalue weighted by molar-refractivity contribution is 6.24. The van der Waals surface area contributed by atoms with Crippen molar-refractivity contribution in [3.05, 3.63) is 35.9 Å². The van der Waals surface area contributed by atoms with Gasteiger partial charge in [-0.3, -0.25) is 0 Å². The highest BCUT2D eigenvalue weighted by Crippen LogP contribution is 2.38. The molecule has 0 fully saturated rings. The number of hydrogen-bond acceptors (Lipinski definition) is 1. The Morgan fingerprint density at radius 2 is 1.13 bits per heavy atom. The molecule has 0 heterocycles. The van der Waals surface area contributed by atoms with E-state index in [2.05, 4.69) is 51.1 Å². The van der Waals surface area contributed by atoms with Crippen molar-refractivity contribution in [1.29, 1.82) is 0 Å². The topological polar surface area (TPSA) is 35.0 Å². The Morgan fingerprint density at radius 1 is 0.677 bits per heavy atom. The molecule has 0 aliphatic carbocycles. The first-order valence-electron chi connectivity index (χ1n) is 13.4. The fourth-order valence-electron chi connectivity index (χ4n) is 4.91. The third-order valence-electron chi connectivity index (χ3n) is 7.06. The van der Waals surface area contributed by atoms with Gasteiger partial charge in [-0.1, -0.05) is 147 Å². The van der Waals surface area contributed by atoms with Crippen LogP contribution in [-0.2, 0) is 6.42 Å². The van der Waals surface area contributed by atoms with Gasteiger partial charge in [-0.05, 0) is 30.7 Å². The first kappa shape index (κ1) is 30.5. The van der Waals surface area contributed by atoms with Gasteiger partial charge in [0.15, 0.2) is 0 Å². The molecular weight excluding hydrogens is 398 g/mol. The molecule has 0 aliphatic rings. The van der Waals surface area contributed by atoms with E-state index < -0.39 is 0 Å². The maximum absolute atomic E-state index is 7.18. The van der Waals surface area contributed by atoms with Gasteiger partial charge in [0.1, 0.15) is 0 Å². The van der Waals surface area contributed by atoms with Crippen LogP contribution in [0, 0.1) is 5.92 Å². The smallest absolute Gasteiger partial charge is 0.0512 e. The predicted molar refractivity (Wildman–Crippen MR) is 143 cm³/mol. The van der Waals surface area contributed by atoms with Crippen molar-refractivity contribution in [2.24, 2.45) is 5.92 Å². The zero-order valence-corrected chi connectivity index (χ0v) is 22.0. The molecule has 1 aromatic rings. The molecule has 1 nitrogen and oxygen atoms in total. The standard InChI is InChI=1S/C29H51Cl.H3N/c1-4-7-8-9-10-11-12-13-14-15-16-17-18-22-25-28(5-2)29(30,6-3)26-27-23-20-19-21-24-27;/h19-21,23-24,28H,4-18,22,25-26H2,1-3H3;1H3. The van der Waals surface area contributed by atoms with E-state index in [1.54, 1.807) is 0 Å². The third-order valence-corrected chi connectivity index (χ3v) is 7.77. The van der Waals surface area contributed by atoms with Crippen molar-refractivity contribution >= 4 is 11.6 Å². The van der Waals surface area contributed by atoms with E-state index in [0.717, 1.165) is 12.8 Å². The lowest BCUT2D eigenvalue weighted by atomic mass is 9.79. The second kappa shape index (κ2) is 20.1. The van der Waals surface area contributed by atoms with E-state index in [4.69, 9.17) is 11.6 Å². The molecule has 2 unspecified atom stereocenters. The summed E-state index contributed by atoms with van der Waals surface area (Å²) in [6, 6.07) is 10.8. The van der Waals surface area contributed by atoms with Crippen molar-refractivity contribution < 1.29 is 0 Å². The Morgan fingerprint density at radius 3 is 1.55 bits per heavy atom. The summed E-state index contributed by atoms with van der Waals surface area (Å²) in [5, 5.41) is 0. The van der Waals surface area contributed by atoms with Crippen LogP contribution in [0.15, 0.2) is 30.3 Å². The largest absolute Gasteiger partial charge is 0.344 e. The normalized spacial score (nSPS) is 14.1. The van der Waals surface area contributed by atoms with E-state index in [1.165, 1.54) is 108 Å². The van der Waals surface area contributed by atoms with Gasteiger partial charge < -0.3 is 6.15 Å². The summed E-state index contributed by atoms with van der Waals surface area (Å²) in [7, 11) is 0. The van der Waals surface area contributed by atoms with Gasteiger partial charge in [-0.15, -0.1) is 11.6 Å². The minimum Gasteiger partial charge on any atom is -0.344 e. The molecule has 3 N–H and O–H groups in total. The van der Waals surface area contributed by atoms with Crippen molar-refractivity contribution in [1.82, 2.24) is 6.15 Å². The lowest BCUT2D eigenvalue weighted by molar-refractivity contribution is 0.312. The summed E-state index contributed by atoms with van der Waals surface area (Å²) in [5.41, 5.74) is 1.38. The fourth-order valence-corrected chi connectivity index (χ4v) is 5.32. The quantitative estimate of drug-likeness (QED) is 0.155. The van der Waals surface area contributed by atoms with Crippen molar-refractivity contribution in [2.45, 2.75) is 141 Å². The van der Waals surface area contributed by atoms with E-state index >= 15 is 0 Å². The minimum atomic E-state index is -0.0767. The number of hydrogen-bond donors (Lipinski definition) is 1. The van der Waals surface area contributed by atoms with E-state index in [-0.39, 0.29) is 11.0 Å². The van der Waals surface area contributed by atoms with Gasteiger partial charge in [-0.25, -0.2) is 0 Å². The van der Waals surface area contributed by atoms with Gasteiger partial charge >= 0.3 is 0 Å². The van der Waals surface area contributed by atoms with E-state index in [0.29, 0.717) is 5.92 Å². The molecule has 0 aromatic heterocycles. The number of halogens is 1.